The van der Waals surface area contributed by atoms with Crippen molar-refractivity contribution in [3.63, 3.8) is 0 Å². The van der Waals surface area contributed by atoms with Gasteiger partial charge in [-0.25, -0.2) is 0 Å². The van der Waals surface area contributed by atoms with Crippen LogP contribution in [0.4, 0.5) is 0 Å². The smallest absolute Gasteiger partial charge is 0.232 e. The normalized spacial score (nSPS) is 20.7. The lowest BCUT2D eigenvalue weighted by Gasteiger charge is -2.30. The molecule has 0 aromatic heterocycles. The zero-order chi connectivity index (χ0) is 18.0. The molecule has 0 radical (unpaired) electrons. The van der Waals surface area contributed by atoms with Gasteiger partial charge < -0.3 is 10.6 Å². The van der Waals surface area contributed by atoms with Crippen molar-refractivity contribution in [3.8, 4) is 0 Å². The van der Waals surface area contributed by atoms with E-state index in [4.69, 9.17) is 5.73 Å². The van der Waals surface area contributed by atoms with Crippen LogP contribution in [-0.2, 0) is 10.2 Å². The summed E-state index contributed by atoms with van der Waals surface area (Å²) in [5.74, 6) is 0.831. The Bertz CT molecular complexity index is 721. The number of likely N-dealkylation sites (tertiary alicyclic amines) is 1. The molecule has 0 spiro atoms. The number of carbonyl (C=O) groups is 1. The highest BCUT2D eigenvalue weighted by molar-refractivity contribution is 5.87. The monoisotopic (exact) mass is 336 g/mol. The Morgan fingerprint density at radius 1 is 1.08 bits per heavy atom. The lowest BCUT2D eigenvalue weighted by molar-refractivity contribution is -0.135. The molecular formula is C22H28N2O. The minimum absolute atomic E-state index is 0.188. The number of nitrogens with zero attached hydrogens (tertiary/aromatic N) is 1. The van der Waals surface area contributed by atoms with E-state index in [0.717, 1.165) is 18.7 Å². The maximum Gasteiger partial charge on any atom is 0.232 e. The maximum absolute atomic E-state index is 13.3. The lowest BCUT2D eigenvalue weighted by atomic mass is 9.83. The molecule has 2 aromatic carbocycles. The molecular weight excluding hydrogens is 308 g/mol. The molecule has 3 nitrogen and oxygen atoms in total. The van der Waals surface area contributed by atoms with Gasteiger partial charge in [0.15, 0.2) is 0 Å². The quantitative estimate of drug-likeness (QED) is 0.929. The molecule has 132 valence electrons. The molecule has 1 saturated heterocycles. The Labute approximate surface area is 150 Å². The second-order valence-corrected chi connectivity index (χ2v) is 7.71. The zero-order valence-electron chi connectivity index (χ0n) is 15.4. The van der Waals surface area contributed by atoms with Gasteiger partial charge in [-0.3, -0.25) is 4.79 Å². The van der Waals surface area contributed by atoms with Crippen LogP contribution >= 0.6 is 0 Å². The first-order chi connectivity index (χ1) is 11.9. The molecule has 2 aromatic rings. The SMILES string of the molecule is Cc1ccc(C(C)(C)C(=O)N2C[C@@H](CN)[C@H](c3ccccc3)C2)cc1. The second kappa shape index (κ2) is 7.01. The number of hydrogen-bond acceptors (Lipinski definition) is 2. The number of benzene rings is 2. The topological polar surface area (TPSA) is 46.3 Å². The summed E-state index contributed by atoms with van der Waals surface area (Å²) in [6.07, 6.45) is 0. The van der Waals surface area contributed by atoms with E-state index < -0.39 is 5.41 Å². The van der Waals surface area contributed by atoms with Crippen LogP contribution in [0.2, 0.25) is 0 Å². The van der Waals surface area contributed by atoms with Crippen LogP contribution in [0, 0.1) is 12.8 Å². The summed E-state index contributed by atoms with van der Waals surface area (Å²) in [5.41, 5.74) is 9.05. The minimum Gasteiger partial charge on any atom is -0.341 e. The predicted octanol–water partition coefficient (Wildman–Crippen LogP) is 3.47. The van der Waals surface area contributed by atoms with Gasteiger partial charge in [0.25, 0.3) is 0 Å². The van der Waals surface area contributed by atoms with E-state index in [1.807, 2.05) is 24.8 Å². The molecule has 2 atom stereocenters. The zero-order valence-corrected chi connectivity index (χ0v) is 15.4. The Balaban J connectivity index is 1.81. The van der Waals surface area contributed by atoms with Gasteiger partial charge in [-0.1, -0.05) is 60.2 Å². The Morgan fingerprint density at radius 2 is 1.72 bits per heavy atom. The van der Waals surface area contributed by atoms with E-state index >= 15 is 0 Å². The van der Waals surface area contributed by atoms with Crippen molar-refractivity contribution in [1.29, 1.82) is 0 Å². The first kappa shape index (κ1) is 17.7. The molecule has 2 N–H and O–H groups in total. The highest BCUT2D eigenvalue weighted by atomic mass is 16.2. The molecule has 1 aliphatic heterocycles. The van der Waals surface area contributed by atoms with Crippen LogP contribution in [0.25, 0.3) is 0 Å². The lowest BCUT2D eigenvalue weighted by Crippen LogP contribution is -2.42. The van der Waals surface area contributed by atoms with E-state index in [9.17, 15) is 4.79 Å². The minimum atomic E-state index is -0.529. The summed E-state index contributed by atoms with van der Waals surface area (Å²) in [6.45, 7) is 8.20. The van der Waals surface area contributed by atoms with Gasteiger partial charge >= 0.3 is 0 Å². The van der Waals surface area contributed by atoms with Crippen molar-refractivity contribution >= 4 is 5.91 Å². The third-order valence-electron chi connectivity index (χ3n) is 5.57. The van der Waals surface area contributed by atoms with Gasteiger partial charge in [-0.15, -0.1) is 0 Å². The Morgan fingerprint density at radius 3 is 2.32 bits per heavy atom. The van der Waals surface area contributed by atoms with E-state index in [2.05, 4.69) is 55.5 Å². The standard InChI is InChI=1S/C22H28N2O/c1-16-9-11-19(12-10-16)22(2,3)21(25)24-14-18(13-23)20(15-24)17-7-5-4-6-8-17/h4-12,18,20H,13-15,23H2,1-3H3/t18-,20+/m1/s1. The maximum atomic E-state index is 13.3. The largest absolute Gasteiger partial charge is 0.341 e. The van der Waals surface area contributed by atoms with Gasteiger partial charge in [0.1, 0.15) is 0 Å². The number of aryl methyl sites for hydroxylation is 1. The van der Waals surface area contributed by atoms with E-state index in [0.29, 0.717) is 18.4 Å². The summed E-state index contributed by atoms with van der Waals surface area (Å²) in [7, 11) is 0. The number of carbonyl (C=O) groups excluding carboxylic acids is 1. The van der Waals surface area contributed by atoms with E-state index in [-0.39, 0.29) is 5.91 Å². The molecule has 0 aliphatic carbocycles. The van der Waals surface area contributed by atoms with Gasteiger partial charge in [-0.05, 0) is 44.4 Å². The van der Waals surface area contributed by atoms with Crippen molar-refractivity contribution in [2.45, 2.75) is 32.1 Å². The number of hydrogen-bond donors (Lipinski definition) is 1. The summed E-state index contributed by atoms with van der Waals surface area (Å²) in [5, 5.41) is 0. The van der Waals surface area contributed by atoms with Crippen LogP contribution in [-0.4, -0.2) is 30.4 Å². The van der Waals surface area contributed by atoms with Crippen molar-refractivity contribution in [2.24, 2.45) is 11.7 Å². The fourth-order valence-electron chi connectivity index (χ4n) is 3.84. The Kier molecular flexibility index (Phi) is 4.96. The van der Waals surface area contributed by atoms with Crippen molar-refractivity contribution < 1.29 is 4.79 Å². The molecule has 3 heteroatoms. The number of amides is 1. The molecule has 1 amide bonds. The molecule has 0 unspecified atom stereocenters. The highest BCUT2D eigenvalue weighted by Gasteiger charge is 2.41. The van der Waals surface area contributed by atoms with Crippen molar-refractivity contribution in [1.82, 2.24) is 4.90 Å². The van der Waals surface area contributed by atoms with E-state index in [1.165, 1.54) is 11.1 Å². The highest BCUT2D eigenvalue weighted by Crippen LogP contribution is 2.35. The van der Waals surface area contributed by atoms with Crippen LogP contribution in [0.1, 0.15) is 36.5 Å². The van der Waals surface area contributed by atoms with Crippen molar-refractivity contribution in [3.05, 3.63) is 71.3 Å². The Hall–Kier alpha value is -2.13. The van der Waals surface area contributed by atoms with Crippen LogP contribution in [0.15, 0.2) is 54.6 Å². The van der Waals surface area contributed by atoms with Gasteiger partial charge in [0, 0.05) is 19.0 Å². The summed E-state index contributed by atoms with van der Waals surface area (Å²) in [6, 6.07) is 18.7. The molecule has 1 fully saturated rings. The van der Waals surface area contributed by atoms with Gasteiger partial charge in [-0.2, -0.15) is 0 Å². The second-order valence-electron chi connectivity index (χ2n) is 7.71. The molecule has 0 bridgehead atoms. The first-order valence-corrected chi connectivity index (χ1v) is 9.05. The third kappa shape index (κ3) is 3.47. The summed E-state index contributed by atoms with van der Waals surface area (Å²) >= 11 is 0. The average molecular weight is 336 g/mol. The predicted molar refractivity (Wildman–Crippen MR) is 103 cm³/mol. The van der Waals surface area contributed by atoms with Crippen LogP contribution in [0.3, 0.4) is 0 Å². The summed E-state index contributed by atoms with van der Waals surface area (Å²) < 4.78 is 0. The fraction of sp³-hybridized carbons (Fsp3) is 0.409. The van der Waals surface area contributed by atoms with Crippen molar-refractivity contribution in [2.75, 3.05) is 19.6 Å². The molecule has 3 rings (SSSR count). The van der Waals surface area contributed by atoms with Crippen LogP contribution < -0.4 is 5.73 Å². The number of nitrogens with two attached hydrogens (primary N) is 1. The van der Waals surface area contributed by atoms with Gasteiger partial charge in [0.05, 0.1) is 5.41 Å². The number of rotatable bonds is 4. The van der Waals surface area contributed by atoms with Gasteiger partial charge in [0.2, 0.25) is 5.91 Å². The average Bonchev–Trinajstić information content (AvgIpc) is 3.06. The summed E-state index contributed by atoms with van der Waals surface area (Å²) in [4.78, 5) is 15.3. The third-order valence-corrected chi connectivity index (χ3v) is 5.57. The van der Waals surface area contributed by atoms with E-state index in [1.54, 1.807) is 0 Å². The molecule has 1 heterocycles. The molecule has 0 saturated carbocycles. The molecule has 1 aliphatic rings. The fourth-order valence-corrected chi connectivity index (χ4v) is 3.84. The first-order valence-electron chi connectivity index (χ1n) is 9.05. The van der Waals surface area contributed by atoms with Crippen LogP contribution in [0.5, 0.6) is 0 Å². The molecule has 25 heavy (non-hydrogen) atoms.